The second-order valence-corrected chi connectivity index (χ2v) is 6.74. The van der Waals surface area contributed by atoms with Gasteiger partial charge < -0.3 is 19.2 Å². The molecule has 4 atom stereocenters. The Bertz CT molecular complexity index is 797. The Labute approximate surface area is 135 Å². The van der Waals surface area contributed by atoms with E-state index in [2.05, 4.69) is 16.7 Å². The largest absolute Gasteiger partial charge is 0.632 e. The first-order valence-corrected chi connectivity index (χ1v) is 8.27. The number of aromatic nitrogens is 1. The topological polar surface area (TPSA) is 54.3 Å². The number of quaternary nitrogens is 1. The molecular formula is C18H22N2O3. The van der Waals surface area contributed by atoms with E-state index >= 15 is 0 Å². The van der Waals surface area contributed by atoms with Crippen molar-refractivity contribution < 1.29 is 14.2 Å². The van der Waals surface area contributed by atoms with Gasteiger partial charge in [-0.05, 0) is 18.1 Å². The van der Waals surface area contributed by atoms with E-state index in [1.54, 1.807) is 0 Å². The van der Waals surface area contributed by atoms with Gasteiger partial charge in [0.05, 0.1) is 19.3 Å². The molecule has 3 heterocycles. The van der Waals surface area contributed by atoms with Crippen LogP contribution >= 0.6 is 0 Å². The molecule has 2 aliphatic rings. The van der Waals surface area contributed by atoms with Crippen molar-refractivity contribution in [2.75, 3.05) is 13.7 Å². The highest BCUT2D eigenvalue weighted by molar-refractivity contribution is 5.86. The summed E-state index contributed by atoms with van der Waals surface area (Å²) in [6, 6.07) is 7.73. The fourth-order valence-corrected chi connectivity index (χ4v) is 4.94. The van der Waals surface area contributed by atoms with E-state index in [1.165, 1.54) is 18.1 Å². The number of aryl methyl sites for hydroxylation is 1. The van der Waals surface area contributed by atoms with Crippen LogP contribution in [0.5, 0.6) is 0 Å². The van der Waals surface area contributed by atoms with Gasteiger partial charge in [-0.25, -0.2) is 0 Å². The average Bonchev–Trinajstić information content (AvgIpc) is 2.83. The van der Waals surface area contributed by atoms with Gasteiger partial charge in [0.15, 0.2) is 5.92 Å². The van der Waals surface area contributed by atoms with Crippen molar-refractivity contribution in [1.29, 1.82) is 0 Å². The van der Waals surface area contributed by atoms with E-state index in [4.69, 9.17) is 4.74 Å². The summed E-state index contributed by atoms with van der Waals surface area (Å²) < 4.78 is 6.85. The molecule has 122 valence electrons. The maximum atomic E-state index is 13.4. The molecule has 1 aromatic heterocycles. The maximum Gasteiger partial charge on any atom is 0.321 e. The quantitative estimate of drug-likeness (QED) is 0.486. The minimum absolute atomic E-state index is 0.182. The van der Waals surface area contributed by atoms with Crippen LogP contribution in [0.1, 0.15) is 30.6 Å². The molecule has 1 fully saturated rings. The molecule has 5 heteroatoms. The number of esters is 1. The molecular weight excluding hydrogens is 292 g/mol. The zero-order chi connectivity index (χ0) is 16.4. The van der Waals surface area contributed by atoms with Crippen LogP contribution < -0.4 is 0 Å². The zero-order valence-corrected chi connectivity index (χ0v) is 13.8. The minimum atomic E-state index is -0.329. The summed E-state index contributed by atoms with van der Waals surface area (Å²) in [5.74, 6) is -0.575. The predicted octanol–water partition coefficient (Wildman–Crippen LogP) is 2.67. The van der Waals surface area contributed by atoms with Gasteiger partial charge in [-0.15, -0.1) is 0 Å². The van der Waals surface area contributed by atoms with E-state index in [9.17, 15) is 10.0 Å². The van der Waals surface area contributed by atoms with Crippen LogP contribution in [0.25, 0.3) is 10.9 Å². The van der Waals surface area contributed by atoms with Crippen molar-refractivity contribution in [3.05, 3.63) is 40.7 Å². The van der Waals surface area contributed by atoms with Crippen molar-refractivity contribution in [1.82, 2.24) is 4.57 Å². The van der Waals surface area contributed by atoms with Gasteiger partial charge in [-0.2, -0.15) is 0 Å². The van der Waals surface area contributed by atoms with E-state index in [-0.39, 0.29) is 28.6 Å². The van der Waals surface area contributed by atoms with Gasteiger partial charge in [0.2, 0.25) is 0 Å². The van der Waals surface area contributed by atoms with Crippen LogP contribution in [0.3, 0.4) is 0 Å². The zero-order valence-electron chi connectivity index (χ0n) is 13.8. The number of ether oxygens (including phenoxy) is 1. The highest BCUT2D eigenvalue weighted by Crippen LogP contribution is 2.56. The van der Waals surface area contributed by atoms with Crippen LogP contribution in [0, 0.1) is 11.1 Å². The predicted molar refractivity (Wildman–Crippen MR) is 87.4 cm³/mol. The average molecular weight is 314 g/mol. The molecule has 1 unspecified atom stereocenters. The molecule has 0 spiro atoms. The number of carbonyl (C=O) groups excluding carboxylic acids is 1. The van der Waals surface area contributed by atoms with Gasteiger partial charge in [0.25, 0.3) is 0 Å². The molecule has 0 amide bonds. The molecule has 0 radical (unpaired) electrons. The van der Waals surface area contributed by atoms with E-state index < -0.39 is 0 Å². The lowest BCUT2D eigenvalue weighted by Crippen LogP contribution is -2.73. The van der Waals surface area contributed by atoms with E-state index in [1.807, 2.05) is 26.1 Å². The molecule has 23 heavy (non-hydrogen) atoms. The Morgan fingerprint density at radius 1 is 1.43 bits per heavy atom. The summed E-state index contributed by atoms with van der Waals surface area (Å²) in [5, 5.41) is 14.6. The lowest BCUT2D eigenvalue weighted by atomic mass is 9.72. The Balaban J connectivity index is 1.92. The second kappa shape index (κ2) is 4.82. The summed E-state index contributed by atoms with van der Waals surface area (Å²) in [6.45, 7) is 2.55. The standard InChI is InChI=1S/C18H22N2O3/c1-4-14-15(18(21)23-3)17-16-12(9-10-20(14,17)22)11-7-5-6-8-13(11)19(16)2/h5-8,14-15,17H,4,9-10H2,1-3H3/t14-,15+,17+,20?/m1/s1. The summed E-state index contributed by atoms with van der Waals surface area (Å²) >= 11 is 0. The van der Waals surface area contributed by atoms with Crippen molar-refractivity contribution >= 4 is 16.9 Å². The van der Waals surface area contributed by atoms with Crippen molar-refractivity contribution in [3.63, 3.8) is 0 Å². The van der Waals surface area contributed by atoms with Crippen molar-refractivity contribution in [3.8, 4) is 0 Å². The number of fused-ring (bicyclic) bond motifs is 5. The summed E-state index contributed by atoms with van der Waals surface area (Å²) in [6.07, 6.45) is 1.49. The van der Waals surface area contributed by atoms with Crippen molar-refractivity contribution in [2.24, 2.45) is 13.0 Å². The van der Waals surface area contributed by atoms with Crippen LogP contribution in [0.4, 0.5) is 0 Å². The van der Waals surface area contributed by atoms with Crippen LogP contribution in [0.15, 0.2) is 24.3 Å². The van der Waals surface area contributed by atoms with Gasteiger partial charge in [-0.3, -0.25) is 4.79 Å². The van der Waals surface area contributed by atoms with Gasteiger partial charge >= 0.3 is 5.97 Å². The van der Waals surface area contributed by atoms with E-state index in [0.717, 1.165) is 17.6 Å². The first-order valence-electron chi connectivity index (χ1n) is 8.27. The number of carbonyl (C=O) groups is 1. The van der Waals surface area contributed by atoms with Crippen LogP contribution in [0.2, 0.25) is 0 Å². The number of hydrogen-bond donors (Lipinski definition) is 0. The van der Waals surface area contributed by atoms with Crippen LogP contribution in [-0.2, 0) is 23.0 Å². The summed E-state index contributed by atoms with van der Waals surface area (Å²) in [5.41, 5.74) is 3.41. The molecule has 0 N–H and O–H groups in total. The fourth-order valence-electron chi connectivity index (χ4n) is 4.94. The number of rotatable bonds is 2. The molecule has 0 bridgehead atoms. The molecule has 4 rings (SSSR count). The molecule has 2 aromatic rings. The van der Waals surface area contributed by atoms with Gasteiger partial charge in [0.1, 0.15) is 12.1 Å². The summed E-state index contributed by atoms with van der Waals surface area (Å²) in [7, 11) is 3.42. The normalized spacial score (nSPS) is 32.1. The van der Waals surface area contributed by atoms with Crippen LogP contribution in [-0.4, -0.2) is 34.9 Å². The third kappa shape index (κ3) is 1.66. The first kappa shape index (κ1) is 14.7. The Kier molecular flexibility index (Phi) is 3.09. The Morgan fingerprint density at radius 2 is 2.17 bits per heavy atom. The second-order valence-electron chi connectivity index (χ2n) is 6.74. The van der Waals surface area contributed by atoms with Gasteiger partial charge in [0, 0.05) is 24.4 Å². The Hall–Kier alpha value is -1.85. The SMILES string of the molecule is CC[C@@H]1[C@H](C(=O)OC)[C@H]2c3c(c4ccccc4n3C)CC[N+]12[O-]. The van der Waals surface area contributed by atoms with Crippen molar-refractivity contribution in [2.45, 2.75) is 31.8 Å². The minimum Gasteiger partial charge on any atom is -0.632 e. The smallest absolute Gasteiger partial charge is 0.321 e. The molecule has 1 saturated heterocycles. The molecule has 1 aromatic carbocycles. The number of methoxy groups -OCH3 is 1. The van der Waals surface area contributed by atoms with Gasteiger partial charge in [-0.1, -0.05) is 25.1 Å². The third-order valence-corrected chi connectivity index (χ3v) is 5.93. The molecule has 5 nitrogen and oxygen atoms in total. The highest BCUT2D eigenvalue weighted by atomic mass is 16.6. The number of hydrogen-bond acceptors (Lipinski definition) is 3. The number of para-hydroxylation sites is 1. The maximum absolute atomic E-state index is 13.4. The highest BCUT2D eigenvalue weighted by Gasteiger charge is 2.64. The summed E-state index contributed by atoms with van der Waals surface area (Å²) in [4.78, 5) is 12.3. The first-order chi connectivity index (χ1) is 11.0. The fraction of sp³-hybridized carbons (Fsp3) is 0.500. The molecule has 0 saturated carbocycles. The number of hydroxylamine groups is 3. The number of nitrogens with zero attached hydrogens (tertiary/aromatic N) is 2. The number of benzene rings is 1. The lowest BCUT2D eigenvalue weighted by Gasteiger charge is -2.66. The monoisotopic (exact) mass is 314 g/mol. The Morgan fingerprint density at radius 3 is 2.87 bits per heavy atom. The third-order valence-electron chi connectivity index (χ3n) is 5.93. The molecule has 2 aliphatic heterocycles. The molecule has 0 aliphatic carbocycles. The lowest BCUT2D eigenvalue weighted by molar-refractivity contribution is -0.990. The van der Waals surface area contributed by atoms with E-state index in [0.29, 0.717) is 13.0 Å².